The number of methoxy groups -OCH3 is 1. The Morgan fingerprint density at radius 2 is 1.89 bits per heavy atom. The second-order valence-electron chi connectivity index (χ2n) is 9.53. The Balaban J connectivity index is 1.33. The van der Waals surface area contributed by atoms with Crippen LogP contribution in [-0.4, -0.2) is 50.3 Å². The van der Waals surface area contributed by atoms with Gasteiger partial charge in [-0.15, -0.1) is 0 Å². The fourth-order valence-corrected chi connectivity index (χ4v) is 5.31. The molecule has 2 aromatic heterocycles. The molecule has 1 aliphatic rings. The number of piperidine rings is 1. The fraction of sp³-hybridized carbons (Fsp3) is 0.393. The molecule has 5 rings (SSSR count). The van der Waals surface area contributed by atoms with Crippen LogP contribution in [-0.2, 0) is 17.8 Å². The normalized spacial score (nSPS) is 14.5. The van der Waals surface area contributed by atoms with Crippen molar-refractivity contribution >= 4 is 16.9 Å². The van der Waals surface area contributed by atoms with E-state index < -0.39 is 0 Å². The van der Waals surface area contributed by atoms with Crippen LogP contribution >= 0.6 is 0 Å². The van der Waals surface area contributed by atoms with Crippen molar-refractivity contribution in [3.8, 4) is 5.75 Å². The van der Waals surface area contributed by atoms with Gasteiger partial charge < -0.3 is 14.2 Å². The quantitative estimate of drug-likeness (QED) is 0.373. The molecule has 2 aromatic carbocycles. The average Bonchev–Trinajstić information content (AvgIpc) is 3.40. The zero-order valence-electron chi connectivity index (χ0n) is 21.1. The van der Waals surface area contributed by atoms with Crippen LogP contribution in [0.1, 0.15) is 48.1 Å². The Morgan fingerprint density at radius 3 is 2.61 bits per heavy atom. The molecule has 0 N–H and O–H groups in total. The van der Waals surface area contributed by atoms with Gasteiger partial charge in [0, 0.05) is 55.8 Å². The minimum Gasteiger partial charge on any atom is -0.496 e. The third kappa shape index (κ3) is 4.85. The lowest BCUT2D eigenvalue weighted by Crippen LogP contribution is -2.39. The van der Waals surface area contributed by atoms with Gasteiger partial charge in [0.05, 0.1) is 23.8 Å². The highest BCUT2D eigenvalue weighted by molar-refractivity contribution is 5.77. The molecule has 36 heavy (non-hydrogen) atoms. The molecule has 1 saturated heterocycles. The number of para-hydroxylation sites is 1. The number of hydrogen-bond donors (Lipinski definition) is 0. The molecule has 0 unspecified atom stereocenters. The molecule has 188 valence electrons. The predicted octanol–water partition coefficient (Wildman–Crippen LogP) is 4.84. The zero-order chi connectivity index (χ0) is 25.2. The summed E-state index contributed by atoms with van der Waals surface area (Å²) in [5.41, 5.74) is 4.66. The molecular weight excluding hydrogens is 457 g/mol. The highest BCUT2D eigenvalue weighted by Gasteiger charge is 2.27. The molecule has 3 heterocycles. The third-order valence-corrected chi connectivity index (χ3v) is 7.09. The van der Waals surface area contributed by atoms with Crippen LogP contribution in [0.4, 0.5) is 4.39 Å². The molecular formula is C28H32FN5O2. The SMILES string of the molecule is COc1ccccc1Cc1nc2cc(F)ccc2n1C1CCN(C(=O)CCn2nc(C)cc2C)CC1. The number of ether oxygens (including phenoxy) is 1. The van der Waals surface area contributed by atoms with Crippen LogP contribution in [0.25, 0.3) is 11.0 Å². The summed E-state index contributed by atoms with van der Waals surface area (Å²) in [6, 6.07) is 14.9. The number of imidazole rings is 1. The lowest BCUT2D eigenvalue weighted by atomic mass is 10.0. The second kappa shape index (κ2) is 10.1. The predicted molar refractivity (Wildman–Crippen MR) is 137 cm³/mol. The van der Waals surface area contributed by atoms with Crippen molar-refractivity contribution in [2.75, 3.05) is 20.2 Å². The second-order valence-corrected chi connectivity index (χ2v) is 9.53. The number of carbonyl (C=O) groups is 1. The molecule has 0 aliphatic carbocycles. The van der Waals surface area contributed by atoms with Crippen LogP contribution in [0.3, 0.4) is 0 Å². The van der Waals surface area contributed by atoms with Crippen molar-refractivity contribution < 1.29 is 13.9 Å². The van der Waals surface area contributed by atoms with Gasteiger partial charge in [-0.25, -0.2) is 9.37 Å². The number of hydrogen-bond acceptors (Lipinski definition) is 4. The molecule has 0 atom stereocenters. The number of fused-ring (bicyclic) bond motifs is 1. The number of aryl methyl sites for hydroxylation is 3. The number of likely N-dealkylation sites (tertiary alicyclic amines) is 1. The van der Waals surface area contributed by atoms with Crippen molar-refractivity contribution in [1.29, 1.82) is 0 Å². The van der Waals surface area contributed by atoms with Gasteiger partial charge in [-0.3, -0.25) is 9.48 Å². The molecule has 1 aliphatic heterocycles. The van der Waals surface area contributed by atoms with Gasteiger partial charge in [0.1, 0.15) is 17.4 Å². The van der Waals surface area contributed by atoms with E-state index in [1.807, 2.05) is 59.8 Å². The van der Waals surface area contributed by atoms with Crippen molar-refractivity contribution in [1.82, 2.24) is 24.2 Å². The number of halogens is 1. The summed E-state index contributed by atoms with van der Waals surface area (Å²) in [7, 11) is 1.67. The molecule has 0 saturated carbocycles. The first-order valence-electron chi connectivity index (χ1n) is 12.5. The number of amides is 1. The number of aromatic nitrogens is 4. The largest absolute Gasteiger partial charge is 0.496 e. The van der Waals surface area contributed by atoms with E-state index in [-0.39, 0.29) is 17.8 Å². The molecule has 0 spiro atoms. The standard InChI is InChI=1S/C28H32FN5O2/c1-19-16-20(2)33(31-19)15-12-28(35)32-13-10-23(11-14-32)34-25-9-8-22(29)18-24(25)30-27(34)17-21-6-4-5-7-26(21)36-3/h4-9,16,18,23H,10-15,17H2,1-3H3. The first-order chi connectivity index (χ1) is 17.4. The summed E-state index contributed by atoms with van der Waals surface area (Å²) >= 11 is 0. The lowest BCUT2D eigenvalue weighted by Gasteiger charge is -2.34. The third-order valence-electron chi connectivity index (χ3n) is 7.09. The molecule has 4 aromatic rings. The molecule has 1 fully saturated rings. The van der Waals surface area contributed by atoms with Crippen molar-refractivity contribution in [2.24, 2.45) is 0 Å². The average molecular weight is 490 g/mol. The van der Waals surface area contributed by atoms with Gasteiger partial charge in [0.15, 0.2) is 0 Å². The van der Waals surface area contributed by atoms with E-state index in [2.05, 4.69) is 9.67 Å². The molecule has 8 heteroatoms. The molecule has 7 nitrogen and oxygen atoms in total. The van der Waals surface area contributed by atoms with Gasteiger partial charge in [-0.05, 0) is 51.0 Å². The number of rotatable bonds is 7. The van der Waals surface area contributed by atoms with E-state index >= 15 is 0 Å². The maximum absolute atomic E-state index is 14.0. The van der Waals surface area contributed by atoms with Crippen LogP contribution < -0.4 is 4.74 Å². The number of benzene rings is 2. The highest BCUT2D eigenvalue weighted by atomic mass is 19.1. The summed E-state index contributed by atoms with van der Waals surface area (Å²) in [4.78, 5) is 19.7. The molecule has 0 bridgehead atoms. The van der Waals surface area contributed by atoms with Gasteiger partial charge in [0.2, 0.25) is 5.91 Å². The maximum atomic E-state index is 14.0. The smallest absolute Gasteiger partial charge is 0.224 e. The van der Waals surface area contributed by atoms with Crippen LogP contribution in [0.5, 0.6) is 5.75 Å². The van der Waals surface area contributed by atoms with Crippen LogP contribution in [0.2, 0.25) is 0 Å². The minimum absolute atomic E-state index is 0.160. The monoisotopic (exact) mass is 489 g/mol. The Hall–Kier alpha value is -3.68. The lowest BCUT2D eigenvalue weighted by molar-refractivity contribution is -0.132. The zero-order valence-corrected chi connectivity index (χ0v) is 21.1. The number of nitrogens with zero attached hydrogens (tertiary/aromatic N) is 5. The van der Waals surface area contributed by atoms with E-state index in [9.17, 15) is 9.18 Å². The summed E-state index contributed by atoms with van der Waals surface area (Å²) < 4.78 is 23.7. The van der Waals surface area contributed by atoms with E-state index in [0.717, 1.165) is 46.9 Å². The molecule has 0 radical (unpaired) electrons. The van der Waals surface area contributed by atoms with E-state index in [0.29, 0.717) is 38.0 Å². The maximum Gasteiger partial charge on any atom is 0.224 e. The van der Waals surface area contributed by atoms with Crippen LogP contribution in [0, 0.1) is 19.7 Å². The van der Waals surface area contributed by atoms with Gasteiger partial charge in [-0.2, -0.15) is 5.10 Å². The Bertz CT molecular complexity index is 1380. The van der Waals surface area contributed by atoms with Crippen molar-refractivity contribution in [3.63, 3.8) is 0 Å². The van der Waals surface area contributed by atoms with Crippen molar-refractivity contribution in [3.05, 3.63) is 77.1 Å². The number of carbonyl (C=O) groups excluding carboxylic acids is 1. The Kier molecular flexibility index (Phi) is 6.76. The van der Waals surface area contributed by atoms with Crippen molar-refractivity contribution in [2.45, 2.75) is 52.1 Å². The van der Waals surface area contributed by atoms with Gasteiger partial charge in [0.25, 0.3) is 0 Å². The van der Waals surface area contributed by atoms with Gasteiger partial charge in [-0.1, -0.05) is 18.2 Å². The fourth-order valence-electron chi connectivity index (χ4n) is 5.31. The summed E-state index contributed by atoms with van der Waals surface area (Å²) in [6.45, 7) is 5.96. The Morgan fingerprint density at radius 1 is 1.11 bits per heavy atom. The van der Waals surface area contributed by atoms with Gasteiger partial charge >= 0.3 is 0 Å². The minimum atomic E-state index is -0.293. The summed E-state index contributed by atoms with van der Waals surface area (Å²) in [6.07, 6.45) is 2.68. The highest BCUT2D eigenvalue weighted by Crippen LogP contribution is 2.31. The van der Waals surface area contributed by atoms with Crippen LogP contribution in [0.15, 0.2) is 48.5 Å². The first-order valence-corrected chi connectivity index (χ1v) is 12.5. The first kappa shape index (κ1) is 24.0. The van der Waals surface area contributed by atoms with E-state index in [1.54, 1.807) is 7.11 Å². The Labute approximate surface area is 210 Å². The molecule has 1 amide bonds. The summed E-state index contributed by atoms with van der Waals surface area (Å²) in [5.74, 6) is 1.56. The topological polar surface area (TPSA) is 65.2 Å². The summed E-state index contributed by atoms with van der Waals surface area (Å²) in [5, 5.41) is 4.46. The van der Waals surface area contributed by atoms with E-state index in [1.165, 1.54) is 12.1 Å². The van der Waals surface area contributed by atoms with E-state index in [4.69, 9.17) is 9.72 Å².